The number of carbonyl (C=O) groups excluding carboxylic acids is 1. The molecule has 1 aromatic carbocycles. The molecule has 2 atom stereocenters. The van der Waals surface area contributed by atoms with E-state index in [1.54, 1.807) is 42.2 Å². The predicted octanol–water partition coefficient (Wildman–Crippen LogP) is 3.22. The van der Waals surface area contributed by atoms with Gasteiger partial charge in [-0.3, -0.25) is 9.48 Å². The Morgan fingerprint density at radius 1 is 1.26 bits per heavy atom. The van der Waals surface area contributed by atoms with Crippen LogP contribution >= 0.6 is 0 Å². The van der Waals surface area contributed by atoms with Crippen LogP contribution in [0.2, 0.25) is 0 Å². The van der Waals surface area contributed by atoms with Crippen molar-refractivity contribution in [3.8, 4) is 28.3 Å². The summed E-state index contributed by atoms with van der Waals surface area (Å²) in [6.07, 6.45) is 3.99. The van der Waals surface area contributed by atoms with Crippen LogP contribution < -0.4 is 10.1 Å². The first-order chi connectivity index (χ1) is 16.5. The highest BCUT2D eigenvalue weighted by Gasteiger charge is 2.63. The lowest BCUT2D eigenvalue weighted by atomic mass is 10.0. The molecule has 1 aliphatic heterocycles. The number of amides is 1. The first-order valence-electron chi connectivity index (χ1n) is 10.9. The number of hydrogen-bond donors (Lipinski definition) is 1. The maximum atomic E-state index is 14.6. The third-order valence-electron chi connectivity index (χ3n) is 6.60. The zero-order valence-corrected chi connectivity index (χ0v) is 18.6. The van der Waals surface area contributed by atoms with Gasteiger partial charge in [-0.25, -0.2) is 19.3 Å². The molecule has 9 nitrogen and oxygen atoms in total. The molecular formula is C24H21FN6O3. The van der Waals surface area contributed by atoms with Crippen LogP contribution in [0.25, 0.3) is 33.5 Å². The van der Waals surface area contributed by atoms with Crippen molar-refractivity contribution < 1.29 is 18.7 Å². The second kappa shape index (κ2) is 7.56. The van der Waals surface area contributed by atoms with Gasteiger partial charge in [0, 0.05) is 36.4 Å². The Balaban J connectivity index is 1.48. The van der Waals surface area contributed by atoms with Crippen LogP contribution in [0.4, 0.5) is 10.2 Å². The lowest BCUT2D eigenvalue weighted by molar-refractivity contribution is -0.121. The Hall–Kier alpha value is -3.92. The summed E-state index contributed by atoms with van der Waals surface area (Å²) in [6.45, 7) is 1.02. The number of halogens is 1. The minimum absolute atomic E-state index is 0.132. The van der Waals surface area contributed by atoms with Crippen molar-refractivity contribution in [1.29, 1.82) is 0 Å². The number of fused-ring (bicyclic) bond motifs is 2. The van der Waals surface area contributed by atoms with Crippen LogP contribution in [0.1, 0.15) is 6.42 Å². The molecule has 0 spiro atoms. The van der Waals surface area contributed by atoms with Gasteiger partial charge >= 0.3 is 0 Å². The molecule has 4 aromatic rings. The molecule has 1 aliphatic carbocycles. The van der Waals surface area contributed by atoms with E-state index in [0.29, 0.717) is 52.5 Å². The molecule has 1 saturated heterocycles. The van der Waals surface area contributed by atoms with E-state index in [4.69, 9.17) is 14.5 Å². The summed E-state index contributed by atoms with van der Waals surface area (Å²) in [7, 11) is 3.27. The van der Waals surface area contributed by atoms with Crippen molar-refractivity contribution in [1.82, 2.24) is 24.7 Å². The lowest BCUT2D eigenvalue weighted by Crippen LogP contribution is -2.27. The Kier molecular flexibility index (Phi) is 4.59. The highest BCUT2D eigenvalue weighted by molar-refractivity contribution is 6.01. The van der Waals surface area contributed by atoms with Crippen molar-refractivity contribution in [3.63, 3.8) is 0 Å². The van der Waals surface area contributed by atoms with Gasteiger partial charge in [-0.05, 0) is 18.6 Å². The SMILES string of the molecule is COc1cc2ncnc(-c3cn(C)nc3-c3ccccc3F)c2nc1NC(=O)[C@@]12COC[C@@H]1C2. The molecular weight excluding hydrogens is 439 g/mol. The highest BCUT2D eigenvalue weighted by atomic mass is 19.1. The molecule has 0 unspecified atom stereocenters. The highest BCUT2D eigenvalue weighted by Crippen LogP contribution is 2.57. The van der Waals surface area contributed by atoms with E-state index in [2.05, 4.69) is 20.4 Å². The van der Waals surface area contributed by atoms with E-state index in [1.165, 1.54) is 19.5 Å². The number of pyridine rings is 1. The fraction of sp³-hybridized carbons (Fsp3) is 0.292. The van der Waals surface area contributed by atoms with E-state index in [9.17, 15) is 9.18 Å². The number of nitrogens with one attached hydrogen (secondary N) is 1. The Morgan fingerprint density at radius 3 is 2.85 bits per heavy atom. The van der Waals surface area contributed by atoms with Gasteiger partial charge in [0.2, 0.25) is 5.91 Å². The monoisotopic (exact) mass is 460 g/mol. The summed E-state index contributed by atoms with van der Waals surface area (Å²) in [5, 5.41) is 7.40. The summed E-state index contributed by atoms with van der Waals surface area (Å²) in [4.78, 5) is 26.5. The molecule has 34 heavy (non-hydrogen) atoms. The summed E-state index contributed by atoms with van der Waals surface area (Å²) in [5.41, 5.74) is 2.34. The van der Waals surface area contributed by atoms with Gasteiger partial charge < -0.3 is 14.8 Å². The van der Waals surface area contributed by atoms with Gasteiger partial charge in [0.05, 0.1) is 31.3 Å². The second-order valence-corrected chi connectivity index (χ2v) is 8.70. The van der Waals surface area contributed by atoms with E-state index in [0.717, 1.165) is 6.42 Å². The Morgan fingerprint density at radius 2 is 2.12 bits per heavy atom. The average Bonchev–Trinajstić information content (AvgIpc) is 3.18. The third-order valence-corrected chi connectivity index (χ3v) is 6.60. The maximum absolute atomic E-state index is 14.6. The first kappa shape index (κ1) is 20.7. The van der Waals surface area contributed by atoms with Gasteiger partial charge in [-0.15, -0.1) is 0 Å². The molecule has 4 heterocycles. The van der Waals surface area contributed by atoms with Gasteiger partial charge in [-0.2, -0.15) is 5.10 Å². The summed E-state index contributed by atoms with van der Waals surface area (Å²) in [5.74, 6) is 0.391. The number of aryl methyl sites for hydroxylation is 1. The van der Waals surface area contributed by atoms with Crippen molar-refractivity contribution >= 4 is 22.8 Å². The fourth-order valence-electron chi connectivity index (χ4n) is 4.66. The number of anilines is 1. The number of aromatic nitrogens is 5. The van der Waals surface area contributed by atoms with Gasteiger partial charge in [0.1, 0.15) is 29.0 Å². The minimum atomic E-state index is -0.487. The molecule has 2 aliphatic rings. The lowest BCUT2D eigenvalue weighted by Gasteiger charge is -2.15. The van der Waals surface area contributed by atoms with Gasteiger partial charge in [0.15, 0.2) is 11.6 Å². The number of carbonyl (C=O) groups is 1. The van der Waals surface area contributed by atoms with Crippen LogP contribution in [0.3, 0.4) is 0 Å². The van der Waals surface area contributed by atoms with Gasteiger partial charge in [0.25, 0.3) is 0 Å². The topological polar surface area (TPSA) is 104 Å². The molecule has 1 N–H and O–H groups in total. The molecule has 3 aromatic heterocycles. The summed E-state index contributed by atoms with van der Waals surface area (Å²) < 4.78 is 27.2. The number of nitrogens with zero attached hydrogens (tertiary/aromatic N) is 5. The largest absolute Gasteiger partial charge is 0.493 e. The number of rotatable bonds is 5. The zero-order chi connectivity index (χ0) is 23.4. The van der Waals surface area contributed by atoms with Crippen molar-refractivity contribution in [2.24, 2.45) is 18.4 Å². The molecule has 0 bridgehead atoms. The Labute approximate surface area is 194 Å². The molecule has 172 valence electrons. The minimum Gasteiger partial charge on any atom is -0.493 e. The number of hydrogen-bond acceptors (Lipinski definition) is 7. The Bertz CT molecular complexity index is 1450. The van der Waals surface area contributed by atoms with E-state index in [1.807, 2.05) is 0 Å². The zero-order valence-electron chi connectivity index (χ0n) is 18.6. The first-order valence-corrected chi connectivity index (χ1v) is 10.9. The molecule has 1 saturated carbocycles. The van der Waals surface area contributed by atoms with Crippen LogP contribution in [0.15, 0.2) is 42.9 Å². The van der Waals surface area contributed by atoms with Crippen LogP contribution in [0, 0.1) is 17.2 Å². The normalized spacial score (nSPS) is 20.9. The standard InChI is InChI=1S/C24H21FN6O3/c1-31-9-15(19(30-31)14-5-3-4-6-16(14)25)20-21-17(26-12-27-20)7-18(33-2)22(28-21)29-23(32)24-8-13(24)10-34-11-24/h3-7,9,12-13H,8,10-11H2,1-2H3,(H,28,29,32)/t13-,24-/m0/s1. The number of ether oxygens (including phenoxy) is 2. The molecule has 2 fully saturated rings. The van der Waals surface area contributed by atoms with E-state index in [-0.39, 0.29) is 23.5 Å². The van der Waals surface area contributed by atoms with E-state index < -0.39 is 5.41 Å². The van der Waals surface area contributed by atoms with Crippen molar-refractivity contribution in [2.45, 2.75) is 6.42 Å². The number of benzene rings is 1. The molecule has 1 amide bonds. The number of methoxy groups -OCH3 is 1. The maximum Gasteiger partial charge on any atom is 0.234 e. The molecule has 0 radical (unpaired) electrons. The molecule has 10 heteroatoms. The predicted molar refractivity (Wildman–Crippen MR) is 121 cm³/mol. The fourth-order valence-corrected chi connectivity index (χ4v) is 4.66. The van der Waals surface area contributed by atoms with E-state index >= 15 is 0 Å². The summed E-state index contributed by atoms with van der Waals surface area (Å²) in [6, 6.07) is 8.14. The second-order valence-electron chi connectivity index (χ2n) is 8.70. The summed E-state index contributed by atoms with van der Waals surface area (Å²) >= 11 is 0. The van der Waals surface area contributed by atoms with Crippen LogP contribution in [-0.4, -0.2) is 51.0 Å². The smallest absolute Gasteiger partial charge is 0.234 e. The van der Waals surface area contributed by atoms with Crippen molar-refractivity contribution in [3.05, 3.63) is 48.7 Å². The van der Waals surface area contributed by atoms with Crippen molar-refractivity contribution in [2.75, 3.05) is 25.6 Å². The molecule has 6 rings (SSSR count). The van der Waals surface area contributed by atoms with Crippen LogP contribution in [-0.2, 0) is 16.6 Å². The van der Waals surface area contributed by atoms with Gasteiger partial charge in [-0.1, -0.05) is 12.1 Å². The van der Waals surface area contributed by atoms with Crippen LogP contribution in [0.5, 0.6) is 5.75 Å². The average molecular weight is 460 g/mol. The quantitative estimate of drug-likeness (QED) is 0.488. The third kappa shape index (κ3) is 3.13.